The van der Waals surface area contributed by atoms with Crippen LogP contribution < -0.4 is 15.0 Å². The highest BCUT2D eigenvalue weighted by Crippen LogP contribution is 2.30. The lowest BCUT2D eigenvalue weighted by Gasteiger charge is -2.31. The van der Waals surface area contributed by atoms with Gasteiger partial charge in [-0.3, -0.25) is 0 Å². The number of benzene rings is 1. The number of piperazine rings is 1. The number of halogens is 1. The Bertz CT molecular complexity index is 391. The van der Waals surface area contributed by atoms with Gasteiger partial charge in [-0.1, -0.05) is 6.92 Å². The van der Waals surface area contributed by atoms with Gasteiger partial charge >= 0.3 is 0 Å². The molecule has 1 N–H and O–H groups in total. The molecule has 2 rings (SSSR count). The predicted octanol–water partition coefficient (Wildman–Crippen LogP) is 2.41. The molecule has 1 atom stereocenters. The van der Waals surface area contributed by atoms with Crippen molar-refractivity contribution in [2.24, 2.45) is 0 Å². The highest BCUT2D eigenvalue weighted by molar-refractivity contribution is 5.59. The minimum atomic E-state index is -0.208. The summed E-state index contributed by atoms with van der Waals surface area (Å²) in [7, 11) is 0. The Balaban J connectivity index is 2.22. The van der Waals surface area contributed by atoms with E-state index in [1.165, 1.54) is 6.07 Å². The minimum absolute atomic E-state index is 0.150. The van der Waals surface area contributed by atoms with Crippen molar-refractivity contribution in [1.82, 2.24) is 5.32 Å². The summed E-state index contributed by atoms with van der Waals surface area (Å²) in [5.41, 5.74) is 0.872. The summed E-state index contributed by atoms with van der Waals surface area (Å²) in [5.74, 6) is 0.577. The number of hydrogen-bond acceptors (Lipinski definition) is 3. The van der Waals surface area contributed by atoms with Gasteiger partial charge in [-0.25, -0.2) is 4.39 Å². The highest BCUT2D eigenvalue weighted by Gasteiger charge is 2.17. The molecule has 0 spiro atoms. The molecular formula is C14H21FN2O. The van der Waals surface area contributed by atoms with E-state index >= 15 is 0 Å². The topological polar surface area (TPSA) is 24.5 Å². The summed E-state index contributed by atoms with van der Waals surface area (Å²) < 4.78 is 19.3. The van der Waals surface area contributed by atoms with Crippen molar-refractivity contribution >= 4 is 5.69 Å². The van der Waals surface area contributed by atoms with Crippen molar-refractivity contribution in [3.05, 3.63) is 24.0 Å². The Morgan fingerprint density at radius 3 is 2.78 bits per heavy atom. The molecule has 0 bridgehead atoms. The third-order valence-electron chi connectivity index (χ3n) is 3.28. The van der Waals surface area contributed by atoms with E-state index in [1.54, 1.807) is 12.1 Å². The fourth-order valence-corrected chi connectivity index (χ4v) is 2.04. The zero-order valence-corrected chi connectivity index (χ0v) is 11.1. The molecule has 0 radical (unpaired) electrons. The van der Waals surface area contributed by atoms with Crippen LogP contribution in [0.3, 0.4) is 0 Å². The Labute approximate surface area is 108 Å². The predicted molar refractivity (Wildman–Crippen MR) is 71.9 cm³/mol. The van der Waals surface area contributed by atoms with Crippen LogP contribution in [-0.4, -0.2) is 32.3 Å². The minimum Gasteiger partial charge on any atom is -0.489 e. The molecule has 100 valence electrons. The van der Waals surface area contributed by atoms with Crippen LogP contribution in [0.4, 0.5) is 10.1 Å². The third kappa shape index (κ3) is 3.13. The quantitative estimate of drug-likeness (QED) is 0.890. The summed E-state index contributed by atoms with van der Waals surface area (Å²) in [5, 5.41) is 3.29. The summed E-state index contributed by atoms with van der Waals surface area (Å²) in [6.45, 7) is 7.75. The van der Waals surface area contributed by atoms with Gasteiger partial charge in [-0.05, 0) is 25.5 Å². The second-order valence-electron chi connectivity index (χ2n) is 4.69. The molecule has 0 aromatic heterocycles. The molecule has 0 saturated carbocycles. The van der Waals surface area contributed by atoms with E-state index in [0.29, 0.717) is 0 Å². The van der Waals surface area contributed by atoms with Gasteiger partial charge in [0, 0.05) is 32.2 Å². The maximum atomic E-state index is 13.4. The van der Waals surface area contributed by atoms with Crippen LogP contribution in [-0.2, 0) is 0 Å². The second-order valence-corrected chi connectivity index (χ2v) is 4.69. The van der Waals surface area contributed by atoms with Gasteiger partial charge in [-0.15, -0.1) is 0 Å². The largest absolute Gasteiger partial charge is 0.489 e. The first-order chi connectivity index (χ1) is 8.70. The Morgan fingerprint density at radius 1 is 1.39 bits per heavy atom. The van der Waals surface area contributed by atoms with Gasteiger partial charge in [0.05, 0.1) is 11.8 Å². The number of hydrogen-bond donors (Lipinski definition) is 1. The van der Waals surface area contributed by atoms with Crippen LogP contribution in [0.5, 0.6) is 5.75 Å². The zero-order valence-electron chi connectivity index (χ0n) is 11.1. The summed E-state index contributed by atoms with van der Waals surface area (Å²) in [6.07, 6.45) is 1.09. The Kier molecular flexibility index (Phi) is 4.42. The molecular weight excluding hydrogens is 231 g/mol. The molecule has 1 fully saturated rings. The van der Waals surface area contributed by atoms with Gasteiger partial charge in [0.2, 0.25) is 0 Å². The summed E-state index contributed by atoms with van der Waals surface area (Å²) >= 11 is 0. The molecule has 18 heavy (non-hydrogen) atoms. The van der Waals surface area contributed by atoms with Crippen LogP contribution in [0.15, 0.2) is 18.2 Å². The molecule has 0 aliphatic carbocycles. The smallest absolute Gasteiger partial charge is 0.143 e. The Morgan fingerprint density at radius 2 is 2.11 bits per heavy atom. The van der Waals surface area contributed by atoms with Crippen LogP contribution in [0.1, 0.15) is 20.3 Å². The van der Waals surface area contributed by atoms with Crippen molar-refractivity contribution in [2.45, 2.75) is 26.4 Å². The molecule has 1 aliphatic rings. The number of anilines is 1. The Hall–Kier alpha value is -1.29. The van der Waals surface area contributed by atoms with Crippen molar-refractivity contribution < 1.29 is 9.13 Å². The van der Waals surface area contributed by atoms with Gasteiger partial charge < -0.3 is 15.0 Å². The lowest BCUT2D eigenvalue weighted by atomic mass is 10.2. The van der Waals surface area contributed by atoms with Crippen LogP contribution in [0.25, 0.3) is 0 Å². The molecule has 1 heterocycles. The highest BCUT2D eigenvalue weighted by atomic mass is 19.1. The first-order valence-corrected chi connectivity index (χ1v) is 6.62. The van der Waals surface area contributed by atoms with Crippen LogP contribution in [0, 0.1) is 5.82 Å². The lowest BCUT2D eigenvalue weighted by molar-refractivity contribution is 0.217. The fourth-order valence-electron chi connectivity index (χ4n) is 2.04. The van der Waals surface area contributed by atoms with Crippen LogP contribution >= 0.6 is 0 Å². The molecule has 1 aliphatic heterocycles. The van der Waals surface area contributed by atoms with Gasteiger partial charge in [-0.2, -0.15) is 0 Å². The van der Waals surface area contributed by atoms with E-state index in [9.17, 15) is 4.39 Å². The summed E-state index contributed by atoms with van der Waals surface area (Å²) in [4.78, 5) is 2.18. The van der Waals surface area contributed by atoms with Crippen molar-refractivity contribution in [3.63, 3.8) is 0 Å². The number of ether oxygens (including phenoxy) is 1. The fraction of sp³-hybridized carbons (Fsp3) is 0.571. The standard InChI is InChI=1S/C14H21FN2O/c1-3-11(2)18-14-5-4-12(15)10-13(14)17-8-6-16-7-9-17/h4-5,10-11,16H,3,6-9H2,1-2H3. The molecule has 4 heteroatoms. The van der Waals surface area contributed by atoms with Crippen LogP contribution in [0.2, 0.25) is 0 Å². The van der Waals surface area contributed by atoms with Gasteiger partial charge in [0.1, 0.15) is 11.6 Å². The number of rotatable bonds is 4. The van der Waals surface area contributed by atoms with E-state index in [1.807, 2.05) is 6.92 Å². The van der Waals surface area contributed by atoms with E-state index < -0.39 is 0 Å². The van der Waals surface area contributed by atoms with E-state index in [0.717, 1.165) is 44.0 Å². The van der Waals surface area contributed by atoms with E-state index in [2.05, 4.69) is 17.1 Å². The molecule has 1 aromatic rings. The molecule has 1 unspecified atom stereocenters. The van der Waals surface area contributed by atoms with Crippen molar-refractivity contribution in [2.75, 3.05) is 31.1 Å². The van der Waals surface area contributed by atoms with Gasteiger partial charge in [0.15, 0.2) is 0 Å². The molecule has 0 amide bonds. The number of nitrogens with zero attached hydrogens (tertiary/aromatic N) is 1. The number of nitrogens with one attached hydrogen (secondary N) is 1. The second kappa shape index (κ2) is 6.05. The maximum absolute atomic E-state index is 13.4. The average molecular weight is 252 g/mol. The SMILES string of the molecule is CCC(C)Oc1ccc(F)cc1N1CCNCC1. The van der Waals surface area contributed by atoms with E-state index in [-0.39, 0.29) is 11.9 Å². The average Bonchev–Trinajstić information content (AvgIpc) is 2.41. The third-order valence-corrected chi connectivity index (χ3v) is 3.28. The zero-order chi connectivity index (χ0) is 13.0. The molecule has 1 saturated heterocycles. The van der Waals surface area contributed by atoms with Gasteiger partial charge in [0.25, 0.3) is 0 Å². The first-order valence-electron chi connectivity index (χ1n) is 6.62. The summed E-state index contributed by atoms with van der Waals surface area (Å²) in [6, 6.07) is 4.77. The van der Waals surface area contributed by atoms with Crippen molar-refractivity contribution in [3.8, 4) is 5.75 Å². The monoisotopic (exact) mass is 252 g/mol. The lowest BCUT2D eigenvalue weighted by Crippen LogP contribution is -2.43. The maximum Gasteiger partial charge on any atom is 0.143 e. The van der Waals surface area contributed by atoms with E-state index in [4.69, 9.17) is 4.74 Å². The molecule has 1 aromatic carbocycles. The molecule has 3 nitrogen and oxygen atoms in total. The van der Waals surface area contributed by atoms with Crippen molar-refractivity contribution in [1.29, 1.82) is 0 Å². The first kappa shape index (κ1) is 13.1. The normalized spacial score (nSPS) is 17.6.